The van der Waals surface area contributed by atoms with Crippen molar-refractivity contribution < 1.29 is 4.79 Å². The molecule has 0 spiro atoms. The van der Waals surface area contributed by atoms with Crippen LogP contribution in [0.4, 0.5) is 0 Å². The van der Waals surface area contributed by atoms with Crippen molar-refractivity contribution in [3.8, 4) is 0 Å². The molecule has 0 unspecified atom stereocenters. The highest BCUT2D eigenvalue weighted by atomic mass is 32.2. The first kappa shape index (κ1) is 18.6. The van der Waals surface area contributed by atoms with Gasteiger partial charge in [0, 0.05) is 31.7 Å². The molecule has 1 amide bonds. The minimum absolute atomic E-state index is 0.277. The van der Waals surface area contributed by atoms with Gasteiger partial charge in [-0.3, -0.25) is 9.69 Å². The molecule has 5 aliphatic rings. The molecule has 154 valence electrons. The molecule has 2 aromatic rings. The molecule has 1 saturated heterocycles. The van der Waals surface area contributed by atoms with Gasteiger partial charge in [0.25, 0.3) is 0 Å². The van der Waals surface area contributed by atoms with Crippen molar-refractivity contribution in [1.82, 2.24) is 14.8 Å². The van der Waals surface area contributed by atoms with Crippen molar-refractivity contribution in [2.75, 3.05) is 31.9 Å². The Hall–Kier alpha value is -1.11. The Kier molecular flexibility index (Phi) is 4.66. The number of amides is 1. The van der Waals surface area contributed by atoms with Crippen molar-refractivity contribution in [3.05, 3.63) is 24.3 Å². The zero-order chi connectivity index (χ0) is 19.4. The van der Waals surface area contributed by atoms with Gasteiger partial charge < -0.3 is 4.90 Å². The predicted octanol–water partition coefficient (Wildman–Crippen LogP) is 4.50. The summed E-state index contributed by atoms with van der Waals surface area (Å²) in [5.74, 6) is 3.76. The normalized spacial score (nSPS) is 34.2. The monoisotopic (exact) mass is 427 g/mol. The number of hydrogen-bond acceptors (Lipinski definition) is 5. The van der Waals surface area contributed by atoms with Gasteiger partial charge in [-0.25, -0.2) is 4.98 Å². The summed E-state index contributed by atoms with van der Waals surface area (Å²) in [4.78, 5) is 22.3. The maximum atomic E-state index is 12.8. The van der Waals surface area contributed by atoms with Crippen LogP contribution in [-0.4, -0.2) is 58.2 Å². The number of aromatic nitrogens is 1. The highest BCUT2D eigenvalue weighted by Crippen LogP contribution is 2.57. The van der Waals surface area contributed by atoms with Crippen LogP contribution in [0, 0.1) is 17.8 Å². The predicted molar refractivity (Wildman–Crippen MR) is 119 cm³/mol. The molecule has 4 aliphatic carbocycles. The Morgan fingerprint density at radius 1 is 1.03 bits per heavy atom. The Morgan fingerprint density at radius 3 is 2.34 bits per heavy atom. The Labute approximate surface area is 181 Å². The molecule has 0 N–H and O–H groups in total. The third kappa shape index (κ3) is 3.41. The van der Waals surface area contributed by atoms with Crippen LogP contribution in [0.25, 0.3) is 10.2 Å². The van der Waals surface area contributed by atoms with E-state index in [1.165, 1.54) is 43.2 Å². The summed E-state index contributed by atoms with van der Waals surface area (Å²) < 4.78 is 2.21. The number of carbonyl (C=O) groups is 1. The molecule has 4 nitrogen and oxygen atoms in total. The number of thiazole rings is 1. The first-order valence-electron chi connectivity index (χ1n) is 11.2. The maximum Gasteiger partial charge on any atom is 0.233 e. The number of para-hydroxylation sites is 1. The summed E-state index contributed by atoms with van der Waals surface area (Å²) in [6.45, 7) is 3.95. The summed E-state index contributed by atoms with van der Waals surface area (Å²) in [5.41, 5.74) is 1.52. The molecule has 7 rings (SSSR count). The Bertz CT molecular complexity index is 849. The minimum atomic E-state index is 0.277. The molecule has 0 radical (unpaired) electrons. The maximum absolute atomic E-state index is 12.8. The average Bonchev–Trinajstić information content (AvgIpc) is 3.14. The van der Waals surface area contributed by atoms with Gasteiger partial charge in [-0.05, 0) is 68.4 Å². The van der Waals surface area contributed by atoms with Crippen molar-refractivity contribution >= 4 is 39.2 Å². The molecule has 29 heavy (non-hydrogen) atoms. The van der Waals surface area contributed by atoms with E-state index in [1.807, 2.05) is 18.2 Å². The lowest BCUT2D eigenvalue weighted by Crippen LogP contribution is -2.64. The van der Waals surface area contributed by atoms with Crippen LogP contribution >= 0.6 is 23.1 Å². The first-order valence-corrected chi connectivity index (χ1v) is 13.0. The second-order valence-corrected chi connectivity index (χ2v) is 12.0. The van der Waals surface area contributed by atoms with E-state index < -0.39 is 0 Å². The van der Waals surface area contributed by atoms with Crippen LogP contribution in [-0.2, 0) is 4.79 Å². The average molecular weight is 428 g/mol. The number of piperazine rings is 1. The van der Waals surface area contributed by atoms with E-state index in [4.69, 9.17) is 0 Å². The topological polar surface area (TPSA) is 36.4 Å². The van der Waals surface area contributed by atoms with Crippen LogP contribution in [0.2, 0.25) is 0 Å². The van der Waals surface area contributed by atoms with Crippen molar-refractivity contribution in [3.63, 3.8) is 0 Å². The van der Waals surface area contributed by atoms with Crippen LogP contribution < -0.4 is 0 Å². The largest absolute Gasteiger partial charge is 0.339 e. The number of carbonyl (C=O) groups excluding carboxylic acids is 1. The second kappa shape index (κ2) is 7.24. The van der Waals surface area contributed by atoms with Crippen LogP contribution in [0.5, 0.6) is 0 Å². The number of hydrogen-bond donors (Lipinski definition) is 0. The molecule has 4 saturated carbocycles. The van der Waals surface area contributed by atoms with Gasteiger partial charge in [0.05, 0.1) is 16.0 Å². The molecular formula is C23H29N3OS2. The van der Waals surface area contributed by atoms with Crippen molar-refractivity contribution in [1.29, 1.82) is 0 Å². The number of thioether (sulfide) groups is 1. The molecule has 6 heteroatoms. The fourth-order valence-electron chi connectivity index (χ4n) is 7.01. The first-order chi connectivity index (χ1) is 14.2. The SMILES string of the molecule is O=C(CSc1nc2ccccc2s1)N1CCN(C23CC4CC(CC(C4)C2)C3)CC1. The highest BCUT2D eigenvalue weighted by Gasteiger charge is 2.53. The lowest BCUT2D eigenvalue weighted by molar-refractivity contribution is -0.135. The molecule has 4 bridgehead atoms. The van der Waals surface area contributed by atoms with Gasteiger partial charge in [-0.1, -0.05) is 23.9 Å². The van der Waals surface area contributed by atoms with E-state index in [1.54, 1.807) is 23.1 Å². The standard InChI is InChI=1S/C23H29N3OS2/c27-21(15-28-22-24-19-3-1-2-4-20(19)29-22)25-5-7-26(8-6-25)23-12-16-9-17(13-23)11-18(10-16)14-23/h1-4,16-18H,5-15H2. The van der Waals surface area contributed by atoms with Gasteiger partial charge in [-0.15, -0.1) is 11.3 Å². The fourth-order valence-corrected chi connectivity index (χ4v) is 8.98. The molecule has 1 aromatic carbocycles. The van der Waals surface area contributed by atoms with Crippen LogP contribution in [0.1, 0.15) is 38.5 Å². The van der Waals surface area contributed by atoms with Gasteiger partial charge in [0.1, 0.15) is 0 Å². The molecule has 1 aromatic heterocycles. The van der Waals surface area contributed by atoms with E-state index in [2.05, 4.69) is 20.9 Å². The summed E-state index contributed by atoms with van der Waals surface area (Å²) in [5, 5.41) is 0. The second-order valence-electron chi connectivity index (χ2n) is 9.75. The van der Waals surface area contributed by atoms with Crippen LogP contribution in [0.15, 0.2) is 28.6 Å². The van der Waals surface area contributed by atoms with Gasteiger partial charge >= 0.3 is 0 Å². The smallest absolute Gasteiger partial charge is 0.233 e. The van der Waals surface area contributed by atoms with E-state index in [9.17, 15) is 4.79 Å². The summed E-state index contributed by atoms with van der Waals surface area (Å²) in [6.07, 6.45) is 8.79. The lowest BCUT2D eigenvalue weighted by Gasteiger charge is -2.61. The number of rotatable bonds is 4. The molecule has 1 aliphatic heterocycles. The van der Waals surface area contributed by atoms with E-state index in [0.29, 0.717) is 11.3 Å². The zero-order valence-corrected chi connectivity index (χ0v) is 18.5. The van der Waals surface area contributed by atoms with Crippen LogP contribution in [0.3, 0.4) is 0 Å². The highest BCUT2D eigenvalue weighted by molar-refractivity contribution is 8.01. The van der Waals surface area contributed by atoms with E-state index in [-0.39, 0.29) is 5.91 Å². The Morgan fingerprint density at radius 2 is 1.69 bits per heavy atom. The number of benzene rings is 1. The molecule has 2 heterocycles. The minimum Gasteiger partial charge on any atom is -0.339 e. The molecule has 0 atom stereocenters. The Balaban J connectivity index is 1.05. The molecular weight excluding hydrogens is 398 g/mol. The third-order valence-corrected chi connectivity index (χ3v) is 10.1. The summed E-state index contributed by atoms with van der Waals surface area (Å²) >= 11 is 3.29. The van der Waals surface area contributed by atoms with Crippen molar-refractivity contribution in [2.45, 2.75) is 48.4 Å². The third-order valence-electron chi connectivity index (χ3n) is 7.90. The van der Waals surface area contributed by atoms with Gasteiger partial charge in [-0.2, -0.15) is 0 Å². The van der Waals surface area contributed by atoms with E-state index in [0.717, 1.165) is 53.8 Å². The zero-order valence-electron chi connectivity index (χ0n) is 16.9. The van der Waals surface area contributed by atoms with Gasteiger partial charge in [0.2, 0.25) is 5.91 Å². The van der Waals surface area contributed by atoms with Crippen molar-refractivity contribution in [2.24, 2.45) is 17.8 Å². The summed E-state index contributed by atoms with van der Waals surface area (Å²) in [7, 11) is 0. The van der Waals surface area contributed by atoms with Gasteiger partial charge in [0.15, 0.2) is 4.34 Å². The fraction of sp³-hybridized carbons (Fsp3) is 0.652. The summed E-state index contributed by atoms with van der Waals surface area (Å²) in [6, 6.07) is 8.21. The van der Waals surface area contributed by atoms with E-state index >= 15 is 0 Å². The quantitative estimate of drug-likeness (QED) is 0.673. The number of fused-ring (bicyclic) bond motifs is 1. The molecule has 5 fully saturated rings. The number of nitrogens with zero attached hydrogens (tertiary/aromatic N) is 3. The lowest BCUT2D eigenvalue weighted by atomic mass is 9.52.